The molecule has 6 heteroatoms. The second kappa shape index (κ2) is 34.8. The van der Waals surface area contributed by atoms with Crippen molar-refractivity contribution in [3.05, 3.63) is 26.8 Å². The first-order chi connectivity index (χ1) is 24.7. The van der Waals surface area contributed by atoms with Gasteiger partial charge in [-0.2, -0.15) is 0 Å². The van der Waals surface area contributed by atoms with Gasteiger partial charge in [-0.3, -0.25) is 0 Å². The minimum Gasteiger partial charge on any atom is -0.117 e. The Hall–Kier alpha value is 1.32. The number of hydrogen-bond acceptors (Lipinski definition) is 6. The van der Waals surface area contributed by atoms with Crippen LogP contribution in [0.1, 0.15) is 233 Å². The highest BCUT2D eigenvalue weighted by Gasteiger charge is 2.28. The summed E-state index contributed by atoms with van der Waals surface area (Å²) >= 11 is 12.5. The van der Waals surface area contributed by atoms with E-state index in [1.54, 1.807) is 12.7 Å². The molecule has 0 atom stereocenters. The van der Waals surface area contributed by atoms with Gasteiger partial charge in [-0.1, -0.05) is 254 Å². The van der Waals surface area contributed by atoms with Crippen LogP contribution in [0.5, 0.6) is 0 Å². The van der Waals surface area contributed by atoms with E-state index in [-0.39, 0.29) is 0 Å². The van der Waals surface area contributed by atoms with E-state index in [1.807, 2.05) is 23.5 Å². The first-order valence-corrected chi connectivity index (χ1v) is 27.0. The van der Waals surface area contributed by atoms with Gasteiger partial charge >= 0.3 is 0 Å². The maximum Gasteiger partial charge on any atom is 0.0717 e. The minimum atomic E-state index is 1.30. The third-order valence-corrected chi connectivity index (χ3v) is 19.0. The average molecular weight is 802 g/mol. The van der Waals surface area contributed by atoms with Gasteiger partial charge in [0.15, 0.2) is 0 Å². The molecule has 2 aliphatic heterocycles. The molecule has 0 saturated carbocycles. The smallest absolute Gasteiger partial charge is 0.0717 e. The normalized spacial score (nSPS) is 15.1. The summed E-state index contributed by atoms with van der Waals surface area (Å²) in [5.41, 5.74) is 0. The predicted molar refractivity (Wildman–Crippen MR) is 247 cm³/mol. The lowest BCUT2D eigenvalue weighted by molar-refractivity contribution is 0.532. The summed E-state index contributed by atoms with van der Waals surface area (Å²) in [7, 11) is 0. The van der Waals surface area contributed by atoms with E-state index in [1.165, 1.54) is 231 Å². The Morgan fingerprint density at radius 3 is 0.780 bits per heavy atom. The Morgan fingerprint density at radius 1 is 0.300 bits per heavy atom. The molecule has 0 amide bonds. The van der Waals surface area contributed by atoms with Crippen LogP contribution in [0.4, 0.5) is 0 Å². The molecule has 0 saturated heterocycles. The molecule has 0 fully saturated rings. The average Bonchev–Trinajstić information content (AvgIpc) is 3.68. The summed E-state index contributed by atoms with van der Waals surface area (Å²) < 4.78 is 6.32. The predicted octanol–water partition coefficient (Wildman–Crippen LogP) is 19.4. The molecule has 0 unspecified atom stereocenters. The van der Waals surface area contributed by atoms with Crippen molar-refractivity contribution in [1.29, 1.82) is 0 Å². The van der Waals surface area contributed by atoms with E-state index in [0.717, 1.165) is 0 Å². The lowest BCUT2D eigenvalue weighted by Crippen LogP contribution is -1.86. The molecule has 0 aromatic carbocycles. The Balaban J connectivity index is 1.50. The second-order valence-corrected chi connectivity index (χ2v) is 22.7. The molecule has 0 aromatic rings. The van der Waals surface area contributed by atoms with Crippen molar-refractivity contribution in [2.24, 2.45) is 0 Å². The Labute approximate surface area is 339 Å². The first kappa shape index (κ1) is 47.5. The van der Waals surface area contributed by atoms with Crippen molar-refractivity contribution in [2.45, 2.75) is 233 Å². The molecule has 0 aromatic heterocycles. The zero-order valence-corrected chi connectivity index (χ0v) is 38.4. The fraction of sp³-hybridized carbons (Fsp3) is 0.864. The molecule has 0 aliphatic carbocycles. The zero-order valence-electron chi connectivity index (χ0n) is 33.5. The topological polar surface area (TPSA) is 0 Å². The molecule has 0 spiro atoms. The zero-order chi connectivity index (χ0) is 35.7. The molecular formula is C44H80S6. The van der Waals surface area contributed by atoms with Crippen LogP contribution in [0, 0.1) is 0 Å². The monoisotopic (exact) mass is 800 g/mol. The third kappa shape index (κ3) is 25.4. The SMILES string of the molecule is CCCCCCCCCCCCCCCCCCSC1=C(SCCCCCCCCCCCCCCCCCC)SC(=C2SC(C)=C(C)S2)S1. The van der Waals surface area contributed by atoms with Crippen LogP contribution in [-0.4, -0.2) is 11.5 Å². The first-order valence-electron chi connectivity index (χ1n) is 21.8. The van der Waals surface area contributed by atoms with Crippen LogP contribution in [-0.2, 0) is 0 Å². The summed E-state index contributed by atoms with van der Waals surface area (Å²) in [4.78, 5) is 2.99. The fourth-order valence-electron chi connectivity index (χ4n) is 6.69. The molecule has 2 heterocycles. The van der Waals surface area contributed by atoms with Crippen molar-refractivity contribution in [3.63, 3.8) is 0 Å². The molecule has 50 heavy (non-hydrogen) atoms. The van der Waals surface area contributed by atoms with Gasteiger partial charge in [0.05, 0.1) is 16.9 Å². The van der Waals surface area contributed by atoms with E-state index in [4.69, 9.17) is 0 Å². The highest BCUT2D eigenvalue weighted by atomic mass is 32.3. The third-order valence-electron chi connectivity index (χ3n) is 10.2. The van der Waals surface area contributed by atoms with Crippen molar-refractivity contribution < 1.29 is 0 Å². The highest BCUT2D eigenvalue weighted by molar-refractivity contribution is 8.42. The number of allylic oxidation sites excluding steroid dienone is 2. The van der Waals surface area contributed by atoms with E-state index in [9.17, 15) is 0 Å². The van der Waals surface area contributed by atoms with Gasteiger partial charge < -0.3 is 0 Å². The number of hydrogen-bond donors (Lipinski definition) is 0. The lowest BCUT2D eigenvalue weighted by Gasteiger charge is -2.06. The van der Waals surface area contributed by atoms with Gasteiger partial charge in [-0.15, -0.1) is 23.5 Å². The van der Waals surface area contributed by atoms with E-state index < -0.39 is 0 Å². The van der Waals surface area contributed by atoms with Crippen LogP contribution in [0.25, 0.3) is 0 Å². The van der Waals surface area contributed by atoms with Crippen LogP contribution in [0.3, 0.4) is 0 Å². The molecule has 292 valence electrons. The van der Waals surface area contributed by atoms with Crippen molar-refractivity contribution in [1.82, 2.24) is 0 Å². The number of unbranched alkanes of at least 4 members (excludes halogenated alkanes) is 30. The maximum atomic E-state index is 2.31. The van der Waals surface area contributed by atoms with Gasteiger partial charge in [-0.25, -0.2) is 0 Å². The molecular weight excluding hydrogens is 721 g/mol. The standard InChI is InChI=1S/C44H80S6/c1-5-7-9-11-13-15-17-19-21-23-25-27-29-31-33-35-37-45-41-42(50-44(49-41)43-47-39(3)40(4)48-43)46-38-36-34-32-30-28-26-24-22-20-18-16-14-12-10-8-6-2/h5-38H2,1-4H3. The Morgan fingerprint density at radius 2 is 0.520 bits per heavy atom. The Kier molecular flexibility index (Phi) is 33.0. The van der Waals surface area contributed by atoms with Gasteiger partial charge in [-0.05, 0) is 48.0 Å². The van der Waals surface area contributed by atoms with Crippen molar-refractivity contribution in [2.75, 3.05) is 11.5 Å². The highest BCUT2D eigenvalue weighted by Crippen LogP contribution is 2.63. The second-order valence-electron chi connectivity index (χ2n) is 15.0. The molecule has 2 rings (SSSR count). The van der Waals surface area contributed by atoms with Crippen LogP contribution < -0.4 is 0 Å². The van der Waals surface area contributed by atoms with Gasteiger partial charge in [0, 0.05) is 0 Å². The van der Waals surface area contributed by atoms with Gasteiger partial charge in [0.1, 0.15) is 0 Å². The van der Waals surface area contributed by atoms with E-state index in [2.05, 4.69) is 74.7 Å². The van der Waals surface area contributed by atoms with Crippen LogP contribution in [0.15, 0.2) is 26.8 Å². The molecule has 0 nitrogen and oxygen atoms in total. The van der Waals surface area contributed by atoms with Crippen LogP contribution in [0.2, 0.25) is 0 Å². The molecule has 0 bridgehead atoms. The number of rotatable bonds is 36. The van der Waals surface area contributed by atoms with E-state index >= 15 is 0 Å². The fourth-order valence-corrected chi connectivity index (χ4v) is 15.5. The summed E-state index contributed by atoms with van der Waals surface area (Å²) in [6.45, 7) is 9.20. The van der Waals surface area contributed by atoms with Gasteiger partial charge in [0.25, 0.3) is 0 Å². The minimum absolute atomic E-state index is 1.30. The summed E-state index contributed by atoms with van der Waals surface area (Å²) in [5, 5.41) is 0. The van der Waals surface area contributed by atoms with Gasteiger partial charge in [0.2, 0.25) is 0 Å². The van der Waals surface area contributed by atoms with Crippen molar-refractivity contribution in [3.8, 4) is 0 Å². The maximum absolute atomic E-state index is 2.31. The van der Waals surface area contributed by atoms with Crippen molar-refractivity contribution >= 4 is 70.6 Å². The molecule has 0 radical (unpaired) electrons. The van der Waals surface area contributed by atoms with Crippen LogP contribution >= 0.6 is 70.6 Å². The molecule has 2 aliphatic rings. The molecule has 0 N–H and O–H groups in total. The largest absolute Gasteiger partial charge is 0.117 e. The quantitative estimate of drug-likeness (QED) is 0.0575. The van der Waals surface area contributed by atoms with E-state index in [0.29, 0.717) is 0 Å². The summed E-state index contributed by atoms with van der Waals surface area (Å²) in [6, 6.07) is 0. The summed E-state index contributed by atoms with van der Waals surface area (Å²) in [6.07, 6.45) is 46.4. The Bertz CT molecular complexity index is 838. The summed E-state index contributed by atoms with van der Waals surface area (Å²) in [5.74, 6) is 2.59. The lowest BCUT2D eigenvalue weighted by atomic mass is 10.0. The number of thioether (sulfide) groups is 6.